The number of benzene rings is 1. The molecule has 2 rings (SSSR count). The number of likely N-dealkylation sites (tertiary alicyclic amines) is 1. The zero-order valence-electron chi connectivity index (χ0n) is 19.3. The summed E-state index contributed by atoms with van der Waals surface area (Å²) in [5.41, 5.74) is 1.32. The van der Waals surface area contributed by atoms with Crippen LogP contribution in [0.3, 0.4) is 0 Å². The molecule has 6 heteroatoms. The molecule has 0 bridgehead atoms. The molecule has 0 aromatic heterocycles. The standard InChI is InChI=1S/C24H35NO5/c1-16-10-17(12-18(11-16)15-26)13-20(21(27)29-23(2,3)4)19-8-9-25(14-19)22(28)30-24(5,6)7/h10-12,15,19-20H,8-9,13-14H2,1-7H3/t19-,20-/m0/s1. The SMILES string of the molecule is Cc1cc(C=O)cc(C[C@H](C(=O)OC(C)(C)C)[C@H]2CCN(C(=O)OC(C)(C)C)C2)c1. The minimum atomic E-state index is -0.598. The summed E-state index contributed by atoms with van der Waals surface area (Å²) >= 11 is 0. The van der Waals surface area contributed by atoms with E-state index in [0.717, 1.165) is 17.4 Å². The molecule has 0 spiro atoms. The summed E-state index contributed by atoms with van der Waals surface area (Å²) < 4.78 is 11.2. The number of hydrogen-bond donors (Lipinski definition) is 0. The van der Waals surface area contributed by atoms with Gasteiger partial charge < -0.3 is 14.4 Å². The Morgan fingerprint density at radius 3 is 2.30 bits per heavy atom. The Morgan fingerprint density at radius 2 is 1.73 bits per heavy atom. The average Bonchev–Trinajstić information content (AvgIpc) is 3.06. The number of carbonyl (C=O) groups excluding carboxylic acids is 3. The van der Waals surface area contributed by atoms with Crippen molar-refractivity contribution in [1.29, 1.82) is 0 Å². The number of aldehydes is 1. The average molecular weight is 418 g/mol. The monoisotopic (exact) mass is 417 g/mol. The highest BCUT2D eigenvalue weighted by Crippen LogP contribution is 2.31. The molecule has 1 heterocycles. The maximum absolute atomic E-state index is 13.1. The highest BCUT2D eigenvalue weighted by molar-refractivity contribution is 5.76. The molecule has 1 saturated heterocycles. The first-order valence-corrected chi connectivity index (χ1v) is 10.5. The van der Waals surface area contributed by atoms with Gasteiger partial charge in [0.05, 0.1) is 5.92 Å². The fraction of sp³-hybridized carbons (Fsp3) is 0.625. The van der Waals surface area contributed by atoms with E-state index in [0.29, 0.717) is 31.5 Å². The van der Waals surface area contributed by atoms with Crippen LogP contribution in [0.1, 0.15) is 69.4 Å². The molecule has 0 N–H and O–H groups in total. The molecule has 0 aliphatic carbocycles. The second-order valence-corrected chi connectivity index (χ2v) is 10.2. The predicted molar refractivity (Wildman–Crippen MR) is 116 cm³/mol. The van der Waals surface area contributed by atoms with Gasteiger partial charge in [0.1, 0.15) is 17.5 Å². The quantitative estimate of drug-likeness (QED) is 0.518. The number of esters is 1. The van der Waals surface area contributed by atoms with Gasteiger partial charge in [-0.25, -0.2) is 4.79 Å². The molecule has 1 aliphatic heterocycles. The van der Waals surface area contributed by atoms with E-state index in [4.69, 9.17) is 9.47 Å². The molecule has 0 radical (unpaired) electrons. The van der Waals surface area contributed by atoms with Gasteiger partial charge in [0.25, 0.3) is 0 Å². The summed E-state index contributed by atoms with van der Waals surface area (Å²) in [6.07, 6.45) is 1.63. The Kier molecular flexibility index (Phi) is 7.32. The van der Waals surface area contributed by atoms with Gasteiger partial charge in [-0.05, 0) is 84.9 Å². The second-order valence-electron chi connectivity index (χ2n) is 10.2. The number of ether oxygens (including phenoxy) is 2. The smallest absolute Gasteiger partial charge is 0.410 e. The molecule has 1 aromatic rings. The van der Waals surface area contributed by atoms with Gasteiger partial charge in [0.2, 0.25) is 0 Å². The second kappa shape index (κ2) is 9.19. The van der Waals surface area contributed by atoms with Crippen LogP contribution >= 0.6 is 0 Å². The van der Waals surface area contributed by atoms with Gasteiger partial charge in [0.15, 0.2) is 0 Å². The molecule has 6 nitrogen and oxygen atoms in total. The lowest BCUT2D eigenvalue weighted by Crippen LogP contribution is -2.38. The van der Waals surface area contributed by atoms with E-state index in [1.54, 1.807) is 4.90 Å². The third kappa shape index (κ3) is 7.15. The van der Waals surface area contributed by atoms with Gasteiger partial charge in [-0.15, -0.1) is 0 Å². The fourth-order valence-corrected chi connectivity index (χ4v) is 3.76. The van der Waals surface area contributed by atoms with Crippen LogP contribution in [-0.2, 0) is 20.7 Å². The normalized spacial score (nSPS) is 18.1. The molecular formula is C24H35NO5. The molecule has 1 amide bonds. The first-order chi connectivity index (χ1) is 13.8. The van der Waals surface area contributed by atoms with Crippen molar-refractivity contribution >= 4 is 18.3 Å². The Bertz CT molecular complexity index is 788. The van der Waals surface area contributed by atoms with Crippen LogP contribution in [0, 0.1) is 18.8 Å². The van der Waals surface area contributed by atoms with Crippen LogP contribution in [-0.4, -0.2) is 47.5 Å². The fourth-order valence-electron chi connectivity index (χ4n) is 3.76. The maximum Gasteiger partial charge on any atom is 0.410 e. The predicted octanol–water partition coefficient (Wildman–Crippen LogP) is 4.56. The lowest BCUT2D eigenvalue weighted by atomic mass is 9.85. The summed E-state index contributed by atoms with van der Waals surface area (Å²) in [6.45, 7) is 14.0. The van der Waals surface area contributed by atoms with Crippen molar-refractivity contribution in [3.8, 4) is 0 Å². The first kappa shape index (κ1) is 23.9. The van der Waals surface area contributed by atoms with E-state index in [2.05, 4.69) is 0 Å². The van der Waals surface area contributed by atoms with Gasteiger partial charge >= 0.3 is 12.1 Å². The van der Waals surface area contributed by atoms with Gasteiger partial charge in [-0.3, -0.25) is 9.59 Å². The van der Waals surface area contributed by atoms with Crippen LogP contribution < -0.4 is 0 Å². The van der Waals surface area contributed by atoms with Crippen LogP contribution in [0.2, 0.25) is 0 Å². The molecule has 0 saturated carbocycles. The van der Waals surface area contributed by atoms with Crippen molar-refractivity contribution in [2.75, 3.05) is 13.1 Å². The molecule has 0 unspecified atom stereocenters. The van der Waals surface area contributed by atoms with E-state index in [1.807, 2.05) is 66.7 Å². The molecule has 1 fully saturated rings. The zero-order chi connectivity index (χ0) is 22.7. The van der Waals surface area contributed by atoms with E-state index < -0.39 is 17.1 Å². The lowest BCUT2D eigenvalue weighted by molar-refractivity contribution is -0.161. The van der Waals surface area contributed by atoms with Crippen molar-refractivity contribution in [1.82, 2.24) is 4.90 Å². The molecule has 30 heavy (non-hydrogen) atoms. The summed E-state index contributed by atoms with van der Waals surface area (Å²) in [7, 11) is 0. The summed E-state index contributed by atoms with van der Waals surface area (Å²) in [4.78, 5) is 38.5. The molecular weight excluding hydrogens is 382 g/mol. The number of aryl methyl sites for hydroxylation is 1. The third-order valence-electron chi connectivity index (χ3n) is 4.91. The van der Waals surface area contributed by atoms with Crippen LogP contribution in [0.15, 0.2) is 18.2 Å². The van der Waals surface area contributed by atoms with E-state index in [-0.39, 0.29) is 18.0 Å². The number of amides is 1. The molecule has 1 aromatic carbocycles. The Balaban J connectivity index is 2.22. The van der Waals surface area contributed by atoms with Crippen molar-refractivity contribution in [3.63, 3.8) is 0 Å². The van der Waals surface area contributed by atoms with Crippen molar-refractivity contribution in [2.45, 2.75) is 72.5 Å². The Labute approximate surface area is 179 Å². The molecule has 2 atom stereocenters. The highest BCUT2D eigenvalue weighted by Gasteiger charge is 2.39. The van der Waals surface area contributed by atoms with Crippen molar-refractivity contribution in [2.24, 2.45) is 11.8 Å². The number of hydrogen-bond acceptors (Lipinski definition) is 5. The minimum Gasteiger partial charge on any atom is -0.460 e. The number of rotatable bonds is 5. The lowest BCUT2D eigenvalue weighted by Gasteiger charge is -2.28. The van der Waals surface area contributed by atoms with Crippen LogP contribution in [0.25, 0.3) is 0 Å². The topological polar surface area (TPSA) is 72.9 Å². The Morgan fingerprint density at radius 1 is 1.10 bits per heavy atom. The number of carbonyl (C=O) groups is 3. The maximum atomic E-state index is 13.1. The summed E-state index contributed by atoms with van der Waals surface area (Å²) in [5.74, 6) is -0.710. The molecule has 1 aliphatic rings. The van der Waals surface area contributed by atoms with E-state index >= 15 is 0 Å². The largest absolute Gasteiger partial charge is 0.460 e. The Hall–Kier alpha value is -2.37. The summed E-state index contributed by atoms with van der Waals surface area (Å²) in [6, 6.07) is 5.63. The highest BCUT2D eigenvalue weighted by atomic mass is 16.6. The van der Waals surface area contributed by atoms with E-state index in [1.165, 1.54) is 0 Å². The zero-order valence-corrected chi connectivity index (χ0v) is 19.3. The first-order valence-electron chi connectivity index (χ1n) is 10.5. The van der Waals surface area contributed by atoms with Crippen molar-refractivity contribution < 1.29 is 23.9 Å². The third-order valence-corrected chi connectivity index (χ3v) is 4.91. The summed E-state index contributed by atoms with van der Waals surface area (Å²) in [5, 5.41) is 0. The van der Waals surface area contributed by atoms with Gasteiger partial charge in [0, 0.05) is 18.7 Å². The van der Waals surface area contributed by atoms with Gasteiger partial charge in [-0.1, -0.05) is 11.6 Å². The van der Waals surface area contributed by atoms with Gasteiger partial charge in [-0.2, -0.15) is 0 Å². The minimum absolute atomic E-state index is 0.0347. The van der Waals surface area contributed by atoms with Crippen LogP contribution in [0.5, 0.6) is 0 Å². The number of nitrogens with zero attached hydrogens (tertiary/aromatic N) is 1. The van der Waals surface area contributed by atoms with Crippen molar-refractivity contribution in [3.05, 3.63) is 34.9 Å². The molecule has 166 valence electrons. The van der Waals surface area contributed by atoms with Crippen LogP contribution in [0.4, 0.5) is 4.79 Å². The van der Waals surface area contributed by atoms with E-state index in [9.17, 15) is 14.4 Å².